The van der Waals surface area contributed by atoms with Crippen molar-refractivity contribution in [1.29, 1.82) is 0 Å². The Bertz CT molecular complexity index is 466. The summed E-state index contributed by atoms with van der Waals surface area (Å²) in [5, 5.41) is 5.77. The smallest absolute Gasteiger partial charge is 0.0327 e. The van der Waals surface area contributed by atoms with E-state index in [1.54, 1.807) is 11.3 Å². The number of nitrogens with one attached hydrogen (secondary N) is 1. The first-order valence-electron chi connectivity index (χ1n) is 6.28. The van der Waals surface area contributed by atoms with Crippen LogP contribution in [0.25, 0.3) is 0 Å². The molecule has 18 heavy (non-hydrogen) atoms. The van der Waals surface area contributed by atoms with Gasteiger partial charge in [-0.1, -0.05) is 37.3 Å². The lowest BCUT2D eigenvalue weighted by atomic mass is 10.0. The minimum Gasteiger partial charge on any atom is -0.309 e. The summed E-state index contributed by atoms with van der Waals surface area (Å²) in [6.45, 7) is 3.19. The molecular formula is C15H18BrNS. The van der Waals surface area contributed by atoms with Gasteiger partial charge in [0.1, 0.15) is 0 Å². The topological polar surface area (TPSA) is 12.0 Å². The first-order chi connectivity index (χ1) is 8.79. The molecule has 0 bridgehead atoms. The molecule has 2 rings (SSSR count). The lowest BCUT2D eigenvalue weighted by molar-refractivity contribution is 0.496. The van der Waals surface area contributed by atoms with Crippen molar-refractivity contribution in [2.24, 2.45) is 0 Å². The minimum atomic E-state index is 0.543. The summed E-state index contributed by atoms with van der Waals surface area (Å²) in [6, 6.07) is 13.3. The highest BCUT2D eigenvalue weighted by Crippen LogP contribution is 2.22. The normalized spacial score (nSPS) is 12.6. The maximum Gasteiger partial charge on any atom is 0.0327 e. The van der Waals surface area contributed by atoms with Crippen molar-refractivity contribution in [1.82, 2.24) is 5.32 Å². The third kappa shape index (κ3) is 3.94. The van der Waals surface area contributed by atoms with Crippen molar-refractivity contribution in [3.63, 3.8) is 0 Å². The summed E-state index contributed by atoms with van der Waals surface area (Å²) >= 11 is 5.37. The van der Waals surface area contributed by atoms with Crippen molar-refractivity contribution in [2.75, 3.05) is 0 Å². The number of hydrogen-bond acceptors (Lipinski definition) is 2. The van der Waals surface area contributed by atoms with Gasteiger partial charge in [0.05, 0.1) is 0 Å². The minimum absolute atomic E-state index is 0.543. The van der Waals surface area contributed by atoms with Crippen LogP contribution in [0.15, 0.2) is 46.3 Å². The molecule has 0 aliphatic rings. The van der Waals surface area contributed by atoms with E-state index < -0.39 is 0 Å². The molecule has 1 aromatic heterocycles. The lowest BCUT2D eigenvalue weighted by Crippen LogP contribution is -2.29. The largest absolute Gasteiger partial charge is 0.309 e. The quantitative estimate of drug-likeness (QED) is 0.817. The SMILES string of the molecule is CCC(Cc1ccccc1)NCc1sccc1Br. The van der Waals surface area contributed by atoms with Crippen LogP contribution < -0.4 is 5.32 Å². The molecule has 1 heterocycles. The second-order valence-electron chi connectivity index (χ2n) is 4.37. The monoisotopic (exact) mass is 323 g/mol. The first-order valence-corrected chi connectivity index (χ1v) is 7.96. The van der Waals surface area contributed by atoms with Crippen molar-refractivity contribution in [3.8, 4) is 0 Å². The van der Waals surface area contributed by atoms with E-state index in [1.165, 1.54) is 14.9 Å². The molecule has 96 valence electrons. The molecule has 1 nitrogen and oxygen atoms in total. The van der Waals surface area contributed by atoms with E-state index in [-0.39, 0.29) is 0 Å². The summed E-state index contributed by atoms with van der Waals surface area (Å²) in [5.74, 6) is 0. The second-order valence-corrected chi connectivity index (χ2v) is 6.22. The Hall–Kier alpha value is -0.640. The molecule has 3 heteroatoms. The second kappa shape index (κ2) is 7.07. The van der Waals surface area contributed by atoms with Crippen molar-refractivity contribution < 1.29 is 0 Å². The van der Waals surface area contributed by atoms with Crippen LogP contribution >= 0.6 is 27.3 Å². The van der Waals surface area contributed by atoms with Crippen molar-refractivity contribution in [3.05, 3.63) is 56.7 Å². The molecule has 0 radical (unpaired) electrons. The standard InChI is InChI=1S/C15H18BrNS/c1-2-13(10-12-6-4-3-5-7-12)17-11-15-14(16)8-9-18-15/h3-9,13,17H,2,10-11H2,1H3. The third-order valence-electron chi connectivity index (χ3n) is 3.06. The van der Waals surface area contributed by atoms with Gasteiger partial charge in [0.25, 0.3) is 0 Å². The van der Waals surface area contributed by atoms with Crippen LogP contribution in [-0.2, 0) is 13.0 Å². The van der Waals surface area contributed by atoms with Crippen LogP contribution in [0.3, 0.4) is 0 Å². The number of benzene rings is 1. The van der Waals surface area contributed by atoms with E-state index in [2.05, 4.69) is 69.9 Å². The fraction of sp³-hybridized carbons (Fsp3) is 0.333. The van der Waals surface area contributed by atoms with Gasteiger partial charge in [0, 0.05) is 21.9 Å². The predicted octanol–water partition coefficient (Wildman–Crippen LogP) is 4.62. The van der Waals surface area contributed by atoms with Crippen LogP contribution in [0.1, 0.15) is 23.8 Å². The number of hydrogen-bond donors (Lipinski definition) is 1. The first kappa shape index (κ1) is 13.8. The van der Waals surface area contributed by atoms with Gasteiger partial charge in [-0.3, -0.25) is 0 Å². The van der Waals surface area contributed by atoms with Crippen LogP contribution in [0, 0.1) is 0 Å². The Morgan fingerprint density at radius 1 is 1.22 bits per heavy atom. The van der Waals surface area contributed by atoms with Gasteiger partial charge in [-0.2, -0.15) is 0 Å². The van der Waals surface area contributed by atoms with Crippen molar-refractivity contribution in [2.45, 2.75) is 32.4 Å². The molecule has 0 saturated carbocycles. The molecule has 1 atom stereocenters. The zero-order chi connectivity index (χ0) is 12.8. The highest BCUT2D eigenvalue weighted by atomic mass is 79.9. The average molecular weight is 324 g/mol. The summed E-state index contributed by atoms with van der Waals surface area (Å²) in [5.41, 5.74) is 1.40. The third-order valence-corrected chi connectivity index (χ3v) is 4.99. The van der Waals surface area contributed by atoms with Gasteiger partial charge in [-0.05, 0) is 45.8 Å². The van der Waals surface area contributed by atoms with Crippen LogP contribution in [0.4, 0.5) is 0 Å². The van der Waals surface area contributed by atoms with E-state index >= 15 is 0 Å². The van der Waals surface area contributed by atoms with E-state index in [0.717, 1.165) is 19.4 Å². The molecule has 0 saturated heterocycles. The highest BCUT2D eigenvalue weighted by molar-refractivity contribution is 9.10. The lowest BCUT2D eigenvalue weighted by Gasteiger charge is -2.16. The van der Waals surface area contributed by atoms with Gasteiger partial charge >= 0.3 is 0 Å². The average Bonchev–Trinajstić information content (AvgIpc) is 2.81. The summed E-state index contributed by atoms with van der Waals surface area (Å²) in [7, 11) is 0. The van der Waals surface area contributed by atoms with Crippen molar-refractivity contribution >= 4 is 27.3 Å². The van der Waals surface area contributed by atoms with E-state index in [9.17, 15) is 0 Å². The molecule has 0 aliphatic carbocycles. The summed E-state index contributed by atoms with van der Waals surface area (Å²) in [4.78, 5) is 1.38. The van der Waals surface area contributed by atoms with Crippen LogP contribution in [0.5, 0.6) is 0 Å². The summed E-state index contributed by atoms with van der Waals surface area (Å²) in [6.07, 6.45) is 2.25. The molecule has 0 spiro atoms. The Morgan fingerprint density at radius 2 is 2.00 bits per heavy atom. The fourth-order valence-electron chi connectivity index (χ4n) is 1.95. The number of thiophene rings is 1. The van der Waals surface area contributed by atoms with E-state index in [4.69, 9.17) is 0 Å². The van der Waals surface area contributed by atoms with Gasteiger partial charge in [0.2, 0.25) is 0 Å². The maximum absolute atomic E-state index is 3.64. The Morgan fingerprint density at radius 3 is 2.61 bits per heavy atom. The Balaban J connectivity index is 1.88. The van der Waals surface area contributed by atoms with E-state index in [1.807, 2.05) is 0 Å². The van der Waals surface area contributed by atoms with E-state index in [0.29, 0.717) is 6.04 Å². The molecule has 0 amide bonds. The molecule has 0 fully saturated rings. The maximum atomic E-state index is 3.64. The van der Waals surface area contributed by atoms with Crippen LogP contribution in [-0.4, -0.2) is 6.04 Å². The number of rotatable bonds is 6. The summed E-state index contributed by atoms with van der Waals surface area (Å²) < 4.78 is 1.22. The molecule has 2 aromatic rings. The zero-order valence-corrected chi connectivity index (χ0v) is 12.9. The molecular weight excluding hydrogens is 306 g/mol. The fourth-order valence-corrected chi connectivity index (χ4v) is 3.39. The molecule has 1 N–H and O–H groups in total. The predicted molar refractivity (Wildman–Crippen MR) is 83.1 cm³/mol. The van der Waals surface area contributed by atoms with Gasteiger partial charge in [-0.15, -0.1) is 11.3 Å². The zero-order valence-electron chi connectivity index (χ0n) is 10.5. The van der Waals surface area contributed by atoms with Gasteiger partial charge < -0.3 is 5.32 Å². The van der Waals surface area contributed by atoms with Gasteiger partial charge in [0.15, 0.2) is 0 Å². The molecule has 1 aromatic carbocycles. The highest BCUT2D eigenvalue weighted by Gasteiger charge is 2.08. The van der Waals surface area contributed by atoms with Gasteiger partial charge in [-0.25, -0.2) is 0 Å². The van der Waals surface area contributed by atoms with Crippen LogP contribution in [0.2, 0.25) is 0 Å². The number of halogens is 1. The Kier molecular flexibility index (Phi) is 5.42. The molecule has 1 unspecified atom stereocenters. The Labute approximate surface area is 121 Å². The molecule has 0 aliphatic heterocycles.